The fourth-order valence-electron chi connectivity index (χ4n) is 4.31. The lowest BCUT2D eigenvalue weighted by molar-refractivity contribution is 0.293. The summed E-state index contributed by atoms with van der Waals surface area (Å²) in [5.74, 6) is 2.05. The van der Waals surface area contributed by atoms with Crippen LogP contribution in [0.2, 0.25) is 0 Å². The van der Waals surface area contributed by atoms with E-state index in [0.29, 0.717) is 12.0 Å². The molecule has 5 nitrogen and oxygen atoms in total. The first kappa shape index (κ1) is 15.4. The second-order valence-corrected chi connectivity index (χ2v) is 6.90. The molecule has 1 saturated carbocycles. The van der Waals surface area contributed by atoms with Crippen molar-refractivity contribution in [2.75, 3.05) is 25.0 Å². The van der Waals surface area contributed by atoms with Gasteiger partial charge >= 0.3 is 0 Å². The Balaban J connectivity index is 1.42. The van der Waals surface area contributed by atoms with Crippen molar-refractivity contribution in [1.82, 2.24) is 19.9 Å². The molecule has 3 atom stereocenters. The van der Waals surface area contributed by atoms with Crippen molar-refractivity contribution in [2.45, 2.75) is 25.4 Å². The zero-order chi connectivity index (χ0) is 16.5. The van der Waals surface area contributed by atoms with E-state index in [0.717, 1.165) is 37.1 Å². The van der Waals surface area contributed by atoms with E-state index in [2.05, 4.69) is 31.8 Å². The van der Waals surface area contributed by atoms with E-state index >= 15 is 0 Å². The third-order valence-electron chi connectivity index (χ3n) is 5.48. The number of nitrogens with zero attached hydrogens (tertiary/aromatic N) is 5. The first-order valence-corrected chi connectivity index (χ1v) is 8.52. The lowest BCUT2D eigenvalue weighted by Gasteiger charge is -2.30. The predicted octanol–water partition coefficient (Wildman–Crippen LogP) is 2.36. The van der Waals surface area contributed by atoms with Gasteiger partial charge in [0.1, 0.15) is 11.6 Å². The molecule has 2 aliphatic rings. The number of rotatable bonds is 4. The third-order valence-corrected chi connectivity index (χ3v) is 5.48. The van der Waals surface area contributed by atoms with Crippen LogP contribution in [0.15, 0.2) is 36.9 Å². The molecule has 2 aromatic heterocycles. The minimum Gasteiger partial charge on any atom is -0.355 e. The van der Waals surface area contributed by atoms with Crippen LogP contribution in [-0.4, -0.2) is 46.0 Å². The van der Waals surface area contributed by atoms with Crippen LogP contribution in [0.5, 0.6) is 0 Å². The van der Waals surface area contributed by atoms with Crippen molar-refractivity contribution < 1.29 is 4.39 Å². The van der Waals surface area contributed by atoms with Gasteiger partial charge in [-0.05, 0) is 36.8 Å². The number of likely N-dealkylation sites (tertiary alicyclic amines) is 1. The largest absolute Gasteiger partial charge is 0.355 e. The van der Waals surface area contributed by atoms with E-state index < -0.39 is 0 Å². The van der Waals surface area contributed by atoms with Gasteiger partial charge in [0.15, 0.2) is 0 Å². The maximum atomic E-state index is 13.0. The lowest BCUT2D eigenvalue weighted by Crippen LogP contribution is -2.38. The molecule has 0 unspecified atom stereocenters. The first-order valence-electron chi connectivity index (χ1n) is 8.52. The van der Waals surface area contributed by atoms with Crippen LogP contribution >= 0.6 is 0 Å². The molecule has 0 spiro atoms. The Morgan fingerprint density at radius 3 is 2.83 bits per heavy atom. The molecule has 2 aromatic rings. The fourth-order valence-corrected chi connectivity index (χ4v) is 4.31. The highest BCUT2D eigenvalue weighted by Crippen LogP contribution is 2.41. The van der Waals surface area contributed by atoms with Crippen molar-refractivity contribution in [1.29, 1.82) is 0 Å². The molecule has 1 aliphatic carbocycles. The Kier molecular flexibility index (Phi) is 4.14. The summed E-state index contributed by atoms with van der Waals surface area (Å²) in [5.41, 5.74) is 0.940. The zero-order valence-electron chi connectivity index (χ0n) is 13.8. The molecule has 4 rings (SSSR count). The van der Waals surface area contributed by atoms with E-state index in [-0.39, 0.29) is 5.82 Å². The van der Waals surface area contributed by atoms with Crippen LogP contribution in [0, 0.1) is 17.7 Å². The van der Waals surface area contributed by atoms with Crippen molar-refractivity contribution in [2.24, 2.45) is 11.8 Å². The average molecular weight is 327 g/mol. The minimum atomic E-state index is -0.275. The normalized spacial score (nSPS) is 26.5. The van der Waals surface area contributed by atoms with Gasteiger partial charge < -0.3 is 4.90 Å². The highest BCUT2D eigenvalue weighted by Gasteiger charge is 2.44. The minimum absolute atomic E-state index is 0.275. The van der Waals surface area contributed by atoms with Crippen LogP contribution in [0.25, 0.3) is 0 Å². The molecule has 6 heteroatoms. The Hall–Kier alpha value is -2.08. The smallest absolute Gasteiger partial charge is 0.147 e. The maximum absolute atomic E-state index is 13.0. The van der Waals surface area contributed by atoms with Crippen molar-refractivity contribution in [3.63, 3.8) is 0 Å². The molecular formula is C18H22FN5. The number of aromatic nitrogens is 3. The van der Waals surface area contributed by atoms with Gasteiger partial charge in [0.05, 0.1) is 18.1 Å². The van der Waals surface area contributed by atoms with Gasteiger partial charge in [-0.3, -0.25) is 14.9 Å². The molecule has 0 bridgehead atoms. The molecule has 0 radical (unpaired) electrons. The monoisotopic (exact) mass is 327 g/mol. The molecule has 126 valence electrons. The third kappa shape index (κ3) is 2.98. The van der Waals surface area contributed by atoms with E-state index in [1.54, 1.807) is 18.5 Å². The van der Waals surface area contributed by atoms with Crippen molar-refractivity contribution in [3.05, 3.63) is 48.4 Å². The second kappa shape index (κ2) is 6.43. The molecule has 1 aliphatic heterocycles. The number of hydrogen-bond acceptors (Lipinski definition) is 5. The van der Waals surface area contributed by atoms with Gasteiger partial charge in [0.25, 0.3) is 0 Å². The van der Waals surface area contributed by atoms with E-state index in [1.165, 1.54) is 25.1 Å². The maximum Gasteiger partial charge on any atom is 0.147 e. The summed E-state index contributed by atoms with van der Waals surface area (Å²) in [4.78, 5) is 17.6. The van der Waals surface area contributed by atoms with Gasteiger partial charge in [-0.15, -0.1) is 0 Å². The van der Waals surface area contributed by atoms with Gasteiger partial charge in [0, 0.05) is 45.1 Å². The summed E-state index contributed by atoms with van der Waals surface area (Å²) in [6.45, 7) is 2.97. The summed E-state index contributed by atoms with van der Waals surface area (Å²) in [6.07, 6.45) is 9.07. The molecule has 2 fully saturated rings. The van der Waals surface area contributed by atoms with E-state index in [4.69, 9.17) is 0 Å². The lowest BCUT2D eigenvalue weighted by atomic mass is 9.97. The number of fused-ring (bicyclic) bond motifs is 1. The summed E-state index contributed by atoms with van der Waals surface area (Å²) in [7, 11) is 2.13. The van der Waals surface area contributed by atoms with Crippen LogP contribution in [0.1, 0.15) is 18.5 Å². The van der Waals surface area contributed by atoms with Crippen LogP contribution < -0.4 is 4.90 Å². The fraction of sp³-hybridized carbons (Fsp3) is 0.500. The Morgan fingerprint density at radius 2 is 2.08 bits per heavy atom. The summed E-state index contributed by atoms with van der Waals surface area (Å²) in [5, 5.41) is 0. The quantitative estimate of drug-likeness (QED) is 0.863. The van der Waals surface area contributed by atoms with Gasteiger partial charge in [-0.1, -0.05) is 0 Å². The van der Waals surface area contributed by atoms with E-state index in [1.807, 2.05) is 6.20 Å². The number of halogens is 1. The van der Waals surface area contributed by atoms with Crippen molar-refractivity contribution >= 4 is 5.82 Å². The topological polar surface area (TPSA) is 45.2 Å². The molecular weight excluding hydrogens is 305 g/mol. The van der Waals surface area contributed by atoms with Crippen LogP contribution in [0.4, 0.5) is 10.2 Å². The molecule has 0 N–H and O–H groups in total. The molecule has 24 heavy (non-hydrogen) atoms. The molecule has 0 amide bonds. The van der Waals surface area contributed by atoms with Gasteiger partial charge in [-0.25, -0.2) is 9.37 Å². The number of pyridine rings is 1. The Bertz CT molecular complexity index is 678. The molecule has 0 aromatic carbocycles. The second-order valence-electron chi connectivity index (χ2n) is 6.90. The van der Waals surface area contributed by atoms with Crippen LogP contribution in [-0.2, 0) is 6.54 Å². The summed E-state index contributed by atoms with van der Waals surface area (Å²) < 4.78 is 13.0. The standard InChI is InChI=1S/C18H22FN5/c1-23(18-9-20-6-7-21-18)17-5-2-13-10-24(12-16(13)17)11-15-4-3-14(19)8-22-15/h3-4,6-9,13,16-17H,2,5,10-12H2,1H3/t13-,16+,17-/m1/s1. The summed E-state index contributed by atoms with van der Waals surface area (Å²) in [6, 6.07) is 3.79. The van der Waals surface area contributed by atoms with Gasteiger partial charge in [-0.2, -0.15) is 0 Å². The van der Waals surface area contributed by atoms with Crippen LogP contribution in [0.3, 0.4) is 0 Å². The molecule has 3 heterocycles. The number of anilines is 1. The SMILES string of the molecule is CN(c1cnccn1)[C@@H]1CC[C@@H]2CN(Cc3ccc(F)cn3)C[C@@H]21. The number of hydrogen-bond donors (Lipinski definition) is 0. The van der Waals surface area contributed by atoms with E-state index in [9.17, 15) is 4.39 Å². The zero-order valence-corrected chi connectivity index (χ0v) is 13.8. The first-order chi connectivity index (χ1) is 11.7. The highest BCUT2D eigenvalue weighted by molar-refractivity contribution is 5.36. The molecule has 1 saturated heterocycles. The average Bonchev–Trinajstić information content (AvgIpc) is 3.17. The Morgan fingerprint density at radius 1 is 1.17 bits per heavy atom. The van der Waals surface area contributed by atoms with Crippen molar-refractivity contribution in [3.8, 4) is 0 Å². The summed E-state index contributed by atoms with van der Waals surface area (Å²) >= 11 is 0. The Labute approximate surface area is 141 Å². The predicted molar refractivity (Wildman–Crippen MR) is 89.9 cm³/mol. The van der Waals surface area contributed by atoms with Gasteiger partial charge in [0.2, 0.25) is 0 Å². The highest BCUT2D eigenvalue weighted by atomic mass is 19.1.